The maximum atomic E-state index is 12.2. The molecular weight excluding hydrogens is 272 g/mol. The van der Waals surface area contributed by atoms with Gasteiger partial charge in [-0.2, -0.15) is 4.99 Å². The molecule has 0 N–H and O–H groups in total. The number of isocyanates is 1. The highest BCUT2D eigenvalue weighted by Crippen LogP contribution is 2.32. The normalized spacial score (nSPS) is 14.2. The molecule has 0 aromatic heterocycles. The molecule has 6 heteroatoms. The lowest BCUT2D eigenvalue weighted by atomic mass is 10.0. The maximum absolute atomic E-state index is 12.2. The van der Waals surface area contributed by atoms with E-state index < -0.39 is 11.7 Å². The van der Waals surface area contributed by atoms with Crippen molar-refractivity contribution in [3.05, 3.63) is 23.8 Å². The number of hydrogen-bond acceptors (Lipinski definition) is 5. The molecule has 1 aromatic rings. The third kappa shape index (κ3) is 3.35. The summed E-state index contributed by atoms with van der Waals surface area (Å²) in [5.74, 6) is -0.302. The third-order valence-corrected chi connectivity index (χ3v) is 2.91. The number of benzene rings is 1. The molecule has 0 fully saturated rings. The first kappa shape index (κ1) is 14.9. The van der Waals surface area contributed by atoms with E-state index in [9.17, 15) is 14.4 Å². The van der Waals surface area contributed by atoms with Crippen LogP contribution in [0.25, 0.3) is 0 Å². The van der Waals surface area contributed by atoms with Crippen LogP contribution in [0.1, 0.15) is 32.8 Å². The van der Waals surface area contributed by atoms with Crippen LogP contribution in [0.4, 0.5) is 16.2 Å². The Labute approximate surface area is 122 Å². The number of carbonyl (C=O) groups is 2. The van der Waals surface area contributed by atoms with Crippen molar-refractivity contribution in [1.29, 1.82) is 0 Å². The summed E-state index contributed by atoms with van der Waals surface area (Å²) in [6.07, 6.45) is 1.48. The number of rotatable bonds is 1. The number of hydrogen-bond donors (Lipinski definition) is 0. The summed E-state index contributed by atoms with van der Waals surface area (Å²) >= 11 is 0. The summed E-state index contributed by atoms with van der Waals surface area (Å²) in [5, 5.41) is 0. The van der Waals surface area contributed by atoms with Gasteiger partial charge in [0.15, 0.2) is 0 Å². The smallest absolute Gasteiger partial charge is 0.421 e. The van der Waals surface area contributed by atoms with Crippen molar-refractivity contribution in [2.24, 2.45) is 4.99 Å². The van der Waals surface area contributed by atoms with Gasteiger partial charge in [-0.05, 0) is 51.0 Å². The van der Waals surface area contributed by atoms with E-state index in [-0.39, 0.29) is 12.3 Å². The topological polar surface area (TPSA) is 76.0 Å². The van der Waals surface area contributed by atoms with Crippen LogP contribution in [-0.2, 0) is 20.7 Å². The maximum Gasteiger partial charge on any atom is 0.421 e. The molecule has 0 atom stereocenters. The summed E-state index contributed by atoms with van der Waals surface area (Å²) in [6.45, 7) is 5.21. The number of anilines is 1. The molecule has 2 rings (SSSR count). The van der Waals surface area contributed by atoms with Gasteiger partial charge in [0.25, 0.3) is 0 Å². The van der Waals surface area contributed by atoms with Crippen molar-refractivity contribution in [3.63, 3.8) is 0 Å². The molecule has 1 aromatic carbocycles. The van der Waals surface area contributed by atoms with Crippen LogP contribution in [0.15, 0.2) is 23.2 Å². The first-order chi connectivity index (χ1) is 9.81. The van der Waals surface area contributed by atoms with E-state index in [4.69, 9.17) is 4.74 Å². The van der Waals surface area contributed by atoms with Gasteiger partial charge in [-0.15, -0.1) is 0 Å². The highest BCUT2D eigenvalue weighted by molar-refractivity contribution is 6.14. The fraction of sp³-hybridized carbons (Fsp3) is 0.400. The number of fused-ring (bicyclic) bond motifs is 1. The second-order valence-electron chi connectivity index (χ2n) is 5.73. The van der Waals surface area contributed by atoms with Crippen molar-refractivity contribution in [2.45, 2.75) is 39.2 Å². The molecule has 2 amide bonds. The van der Waals surface area contributed by atoms with Crippen molar-refractivity contribution >= 4 is 29.5 Å². The van der Waals surface area contributed by atoms with E-state index in [0.29, 0.717) is 17.8 Å². The molecule has 1 heterocycles. The van der Waals surface area contributed by atoms with Gasteiger partial charge in [0.2, 0.25) is 12.0 Å². The Balaban J connectivity index is 2.38. The first-order valence-corrected chi connectivity index (χ1v) is 6.58. The van der Waals surface area contributed by atoms with E-state index in [1.165, 1.54) is 6.08 Å². The number of imide groups is 1. The lowest BCUT2D eigenvalue weighted by molar-refractivity contribution is -0.118. The number of carbonyl (C=O) groups excluding carboxylic acids is 3. The predicted molar refractivity (Wildman–Crippen MR) is 76.3 cm³/mol. The average Bonchev–Trinajstić information content (AvgIpc) is 2.37. The molecule has 1 aliphatic rings. The number of aryl methyl sites for hydroxylation is 1. The average molecular weight is 288 g/mol. The Morgan fingerprint density at radius 1 is 1.33 bits per heavy atom. The van der Waals surface area contributed by atoms with Gasteiger partial charge >= 0.3 is 6.09 Å². The van der Waals surface area contributed by atoms with Crippen LogP contribution < -0.4 is 4.90 Å². The molecule has 0 saturated carbocycles. The van der Waals surface area contributed by atoms with Gasteiger partial charge in [-0.25, -0.2) is 14.5 Å². The van der Waals surface area contributed by atoms with E-state index in [1.54, 1.807) is 39.0 Å². The molecule has 0 unspecified atom stereocenters. The largest absolute Gasteiger partial charge is 0.443 e. The van der Waals surface area contributed by atoms with Crippen LogP contribution in [-0.4, -0.2) is 23.7 Å². The van der Waals surface area contributed by atoms with Crippen molar-refractivity contribution in [3.8, 4) is 0 Å². The summed E-state index contributed by atoms with van der Waals surface area (Å²) in [7, 11) is 0. The molecule has 0 aliphatic carbocycles. The summed E-state index contributed by atoms with van der Waals surface area (Å²) in [6, 6.07) is 4.82. The van der Waals surface area contributed by atoms with Gasteiger partial charge in [-0.3, -0.25) is 4.79 Å². The fourth-order valence-electron chi connectivity index (χ4n) is 2.11. The molecular formula is C15H16N2O4. The number of amides is 2. The molecule has 0 spiro atoms. The number of nitrogens with zero attached hydrogens (tertiary/aromatic N) is 2. The Hall–Kier alpha value is -2.46. The van der Waals surface area contributed by atoms with Crippen molar-refractivity contribution in [2.75, 3.05) is 4.90 Å². The van der Waals surface area contributed by atoms with Gasteiger partial charge in [0.05, 0.1) is 11.4 Å². The zero-order valence-electron chi connectivity index (χ0n) is 12.2. The quantitative estimate of drug-likeness (QED) is 0.588. The van der Waals surface area contributed by atoms with Crippen LogP contribution in [0.2, 0.25) is 0 Å². The summed E-state index contributed by atoms with van der Waals surface area (Å²) < 4.78 is 5.26. The molecule has 21 heavy (non-hydrogen) atoms. The minimum absolute atomic E-state index is 0.209. The van der Waals surface area contributed by atoms with Crippen LogP contribution in [0.3, 0.4) is 0 Å². The Kier molecular flexibility index (Phi) is 3.91. The Morgan fingerprint density at radius 3 is 2.67 bits per heavy atom. The zero-order valence-corrected chi connectivity index (χ0v) is 12.2. The van der Waals surface area contributed by atoms with Crippen molar-refractivity contribution < 1.29 is 19.1 Å². The van der Waals surface area contributed by atoms with Crippen LogP contribution in [0, 0.1) is 0 Å². The van der Waals surface area contributed by atoms with Crippen LogP contribution >= 0.6 is 0 Å². The molecule has 0 radical (unpaired) electrons. The molecule has 110 valence electrons. The SMILES string of the molecule is CC(C)(C)OC(=O)N1C(=O)CCc2cc(N=C=O)ccc21. The van der Waals surface area contributed by atoms with Gasteiger partial charge < -0.3 is 4.74 Å². The second kappa shape index (κ2) is 5.50. The summed E-state index contributed by atoms with van der Waals surface area (Å²) in [5.41, 5.74) is 1.01. The highest BCUT2D eigenvalue weighted by Gasteiger charge is 2.33. The fourth-order valence-corrected chi connectivity index (χ4v) is 2.11. The second-order valence-corrected chi connectivity index (χ2v) is 5.73. The Bertz CT molecular complexity index is 640. The molecule has 6 nitrogen and oxygen atoms in total. The van der Waals surface area contributed by atoms with Gasteiger partial charge in [0.1, 0.15) is 5.60 Å². The minimum Gasteiger partial charge on any atom is -0.443 e. The Morgan fingerprint density at radius 2 is 2.05 bits per heavy atom. The third-order valence-electron chi connectivity index (χ3n) is 2.91. The van der Waals surface area contributed by atoms with Crippen molar-refractivity contribution in [1.82, 2.24) is 0 Å². The van der Waals surface area contributed by atoms with E-state index in [2.05, 4.69) is 4.99 Å². The summed E-state index contributed by atoms with van der Waals surface area (Å²) in [4.78, 5) is 39.1. The van der Waals surface area contributed by atoms with E-state index in [1.807, 2.05) is 0 Å². The minimum atomic E-state index is -0.694. The standard InChI is InChI=1S/C15H16N2O4/c1-15(2,3)21-14(20)17-12-6-5-11(16-9-18)8-10(12)4-7-13(17)19/h5-6,8H,4,7H2,1-3H3. The van der Waals surface area contributed by atoms with Crippen LogP contribution in [0.5, 0.6) is 0 Å². The number of ether oxygens (including phenoxy) is 1. The molecule has 0 bridgehead atoms. The van der Waals surface area contributed by atoms with E-state index in [0.717, 1.165) is 10.5 Å². The highest BCUT2D eigenvalue weighted by atomic mass is 16.6. The molecule has 1 aliphatic heterocycles. The van der Waals surface area contributed by atoms with E-state index >= 15 is 0 Å². The lowest BCUT2D eigenvalue weighted by Crippen LogP contribution is -2.43. The number of aliphatic imine (C=N–C) groups is 1. The predicted octanol–water partition coefficient (Wildman–Crippen LogP) is 2.87. The van der Waals surface area contributed by atoms with Gasteiger partial charge in [0, 0.05) is 6.42 Å². The lowest BCUT2D eigenvalue weighted by Gasteiger charge is -2.30. The van der Waals surface area contributed by atoms with Gasteiger partial charge in [-0.1, -0.05) is 0 Å². The monoisotopic (exact) mass is 288 g/mol. The zero-order chi connectivity index (χ0) is 15.6. The first-order valence-electron chi connectivity index (χ1n) is 6.58. The molecule has 0 saturated heterocycles.